The first-order valence-corrected chi connectivity index (χ1v) is 7.61. The predicted octanol–water partition coefficient (Wildman–Crippen LogP) is 4.01. The van der Waals surface area contributed by atoms with Gasteiger partial charge >= 0.3 is 0 Å². The number of benzene rings is 1. The lowest BCUT2D eigenvalue weighted by Crippen LogP contribution is -2.10. The van der Waals surface area contributed by atoms with E-state index in [4.69, 9.17) is 16.0 Å². The van der Waals surface area contributed by atoms with E-state index in [-0.39, 0.29) is 6.04 Å². The molecule has 4 rings (SSSR count). The second-order valence-electron chi connectivity index (χ2n) is 5.45. The highest BCUT2D eigenvalue weighted by atomic mass is 35.5. The number of hydrogen-bond acceptors (Lipinski definition) is 5. The lowest BCUT2D eigenvalue weighted by atomic mass is 10.2. The maximum Gasteiger partial charge on any atom is 0.254 e. The van der Waals surface area contributed by atoms with Crippen LogP contribution in [0.3, 0.4) is 0 Å². The summed E-state index contributed by atoms with van der Waals surface area (Å²) < 4.78 is 7.57. The summed E-state index contributed by atoms with van der Waals surface area (Å²) in [4.78, 5) is 8.46. The van der Waals surface area contributed by atoms with Crippen LogP contribution in [0, 0.1) is 6.92 Å². The minimum absolute atomic E-state index is 0.0459. The third-order valence-electron chi connectivity index (χ3n) is 3.67. The van der Waals surface area contributed by atoms with E-state index < -0.39 is 0 Å². The molecule has 3 aromatic heterocycles. The molecule has 0 radical (unpaired) electrons. The summed E-state index contributed by atoms with van der Waals surface area (Å²) in [7, 11) is 0. The van der Waals surface area contributed by atoms with Gasteiger partial charge in [0.1, 0.15) is 23.5 Å². The van der Waals surface area contributed by atoms with E-state index in [0.717, 1.165) is 28.2 Å². The number of rotatable bonds is 3. The van der Waals surface area contributed by atoms with Crippen LogP contribution in [0.4, 0.5) is 5.82 Å². The van der Waals surface area contributed by atoms with Crippen molar-refractivity contribution < 1.29 is 4.42 Å². The van der Waals surface area contributed by atoms with Gasteiger partial charge in [0.05, 0.1) is 6.04 Å². The van der Waals surface area contributed by atoms with Gasteiger partial charge in [0.25, 0.3) is 5.78 Å². The predicted molar refractivity (Wildman–Crippen MR) is 88.8 cm³/mol. The van der Waals surface area contributed by atoms with Gasteiger partial charge in [0.2, 0.25) is 0 Å². The minimum Gasteiger partial charge on any atom is -0.459 e. The van der Waals surface area contributed by atoms with Crippen molar-refractivity contribution in [1.29, 1.82) is 0 Å². The first kappa shape index (κ1) is 14.0. The average molecular weight is 328 g/mol. The zero-order valence-electron chi connectivity index (χ0n) is 12.6. The molecule has 0 aliphatic heterocycles. The lowest BCUT2D eigenvalue weighted by Gasteiger charge is -2.13. The van der Waals surface area contributed by atoms with Crippen LogP contribution < -0.4 is 5.32 Å². The first-order valence-electron chi connectivity index (χ1n) is 7.23. The van der Waals surface area contributed by atoms with E-state index in [9.17, 15) is 0 Å². The smallest absolute Gasteiger partial charge is 0.254 e. The van der Waals surface area contributed by atoms with Crippen molar-refractivity contribution in [3.05, 3.63) is 53.1 Å². The van der Waals surface area contributed by atoms with Gasteiger partial charge in [-0.2, -0.15) is 14.6 Å². The molecule has 116 valence electrons. The van der Waals surface area contributed by atoms with Gasteiger partial charge in [0.15, 0.2) is 0 Å². The average Bonchev–Trinajstić information content (AvgIpc) is 3.12. The van der Waals surface area contributed by atoms with E-state index in [1.807, 2.05) is 44.2 Å². The summed E-state index contributed by atoms with van der Waals surface area (Å²) in [6, 6.07) is 9.46. The number of halogens is 1. The van der Waals surface area contributed by atoms with Crippen LogP contribution in [0.15, 0.2) is 41.1 Å². The monoisotopic (exact) mass is 327 g/mol. The molecule has 1 atom stereocenters. The molecular formula is C16H14ClN5O. The molecule has 0 amide bonds. The number of furan rings is 1. The standard InChI is InChI=1S/C16H14ClN5O/c1-9-5-15(22-16(20-9)18-8-19-22)21-10(2)14-7-11-6-12(17)3-4-13(11)23-14/h3-8,10,21H,1-2H3. The Labute approximate surface area is 137 Å². The second kappa shape index (κ2) is 5.24. The molecule has 0 aliphatic rings. The summed E-state index contributed by atoms with van der Waals surface area (Å²) in [5.74, 6) is 2.21. The van der Waals surface area contributed by atoms with Gasteiger partial charge in [-0.25, -0.2) is 4.98 Å². The summed E-state index contributed by atoms with van der Waals surface area (Å²) in [6.07, 6.45) is 1.49. The molecule has 0 aliphatic carbocycles. The highest BCUT2D eigenvalue weighted by molar-refractivity contribution is 6.31. The highest BCUT2D eigenvalue weighted by Gasteiger charge is 2.14. The van der Waals surface area contributed by atoms with Crippen molar-refractivity contribution in [3.8, 4) is 0 Å². The molecule has 0 spiro atoms. The summed E-state index contributed by atoms with van der Waals surface area (Å²) in [5, 5.41) is 9.27. The SMILES string of the molecule is Cc1cc(NC(C)c2cc3cc(Cl)ccc3o2)n2ncnc2n1. The van der Waals surface area contributed by atoms with Crippen LogP contribution in [0.1, 0.15) is 24.4 Å². The van der Waals surface area contributed by atoms with Crippen molar-refractivity contribution in [2.24, 2.45) is 0 Å². The van der Waals surface area contributed by atoms with Crippen molar-refractivity contribution in [2.45, 2.75) is 19.9 Å². The third-order valence-corrected chi connectivity index (χ3v) is 3.90. The van der Waals surface area contributed by atoms with Gasteiger partial charge < -0.3 is 9.73 Å². The van der Waals surface area contributed by atoms with E-state index in [1.165, 1.54) is 6.33 Å². The Balaban J connectivity index is 1.70. The lowest BCUT2D eigenvalue weighted by molar-refractivity contribution is 0.525. The Bertz CT molecular complexity index is 1010. The number of aromatic nitrogens is 4. The molecule has 1 N–H and O–H groups in total. The molecule has 1 aromatic carbocycles. The fourth-order valence-electron chi connectivity index (χ4n) is 2.57. The normalized spacial score (nSPS) is 12.8. The van der Waals surface area contributed by atoms with Crippen LogP contribution in [-0.2, 0) is 0 Å². The number of nitrogens with one attached hydrogen (secondary N) is 1. The van der Waals surface area contributed by atoms with Crippen molar-refractivity contribution in [2.75, 3.05) is 5.32 Å². The van der Waals surface area contributed by atoms with Crippen molar-refractivity contribution in [1.82, 2.24) is 19.6 Å². The largest absolute Gasteiger partial charge is 0.459 e. The van der Waals surface area contributed by atoms with E-state index >= 15 is 0 Å². The first-order chi connectivity index (χ1) is 11.1. The van der Waals surface area contributed by atoms with Gasteiger partial charge in [-0.1, -0.05) is 11.6 Å². The van der Waals surface area contributed by atoms with Crippen LogP contribution in [0.5, 0.6) is 0 Å². The molecule has 23 heavy (non-hydrogen) atoms. The van der Waals surface area contributed by atoms with Gasteiger partial charge in [-0.3, -0.25) is 0 Å². The van der Waals surface area contributed by atoms with E-state index in [0.29, 0.717) is 10.8 Å². The Morgan fingerprint density at radius 2 is 2.13 bits per heavy atom. The van der Waals surface area contributed by atoms with Crippen LogP contribution in [-0.4, -0.2) is 19.6 Å². The number of nitrogens with zero attached hydrogens (tertiary/aromatic N) is 4. The summed E-state index contributed by atoms with van der Waals surface area (Å²) in [5.41, 5.74) is 1.69. The molecule has 6 nitrogen and oxygen atoms in total. The Morgan fingerprint density at radius 1 is 1.26 bits per heavy atom. The minimum atomic E-state index is -0.0459. The molecule has 1 unspecified atom stereocenters. The summed E-state index contributed by atoms with van der Waals surface area (Å²) in [6.45, 7) is 3.95. The quantitative estimate of drug-likeness (QED) is 0.616. The van der Waals surface area contributed by atoms with E-state index in [2.05, 4.69) is 20.4 Å². The van der Waals surface area contributed by atoms with Crippen LogP contribution in [0.25, 0.3) is 16.7 Å². The zero-order valence-corrected chi connectivity index (χ0v) is 13.4. The fourth-order valence-corrected chi connectivity index (χ4v) is 2.76. The van der Waals surface area contributed by atoms with Crippen LogP contribution >= 0.6 is 11.6 Å². The van der Waals surface area contributed by atoms with Gasteiger partial charge in [-0.05, 0) is 38.1 Å². The maximum atomic E-state index is 6.02. The van der Waals surface area contributed by atoms with E-state index in [1.54, 1.807) is 4.52 Å². The number of hydrogen-bond donors (Lipinski definition) is 1. The Morgan fingerprint density at radius 3 is 3.00 bits per heavy atom. The Kier molecular flexibility index (Phi) is 3.20. The number of anilines is 1. The molecule has 0 saturated carbocycles. The Hall–Kier alpha value is -2.60. The fraction of sp³-hybridized carbons (Fsp3) is 0.188. The summed E-state index contributed by atoms with van der Waals surface area (Å²) >= 11 is 6.02. The second-order valence-corrected chi connectivity index (χ2v) is 5.89. The molecule has 7 heteroatoms. The van der Waals surface area contributed by atoms with Crippen LogP contribution in [0.2, 0.25) is 5.02 Å². The molecule has 0 saturated heterocycles. The van der Waals surface area contributed by atoms with Crippen molar-refractivity contribution in [3.63, 3.8) is 0 Å². The van der Waals surface area contributed by atoms with Gasteiger partial charge in [-0.15, -0.1) is 0 Å². The zero-order chi connectivity index (χ0) is 16.0. The molecule has 0 bridgehead atoms. The number of fused-ring (bicyclic) bond motifs is 2. The molecule has 0 fully saturated rings. The molecular weight excluding hydrogens is 314 g/mol. The highest BCUT2D eigenvalue weighted by Crippen LogP contribution is 2.28. The van der Waals surface area contributed by atoms with Gasteiger partial charge in [0, 0.05) is 22.2 Å². The molecule has 4 aromatic rings. The topological polar surface area (TPSA) is 68.2 Å². The molecule has 3 heterocycles. The number of aryl methyl sites for hydroxylation is 1. The maximum absolute atomic E-state index is 6.02. The third kappa shape index (κ3) is 2.51. The van der Waals surface area contributed by atoms with Crippen molar-refractivity contribution >= 4 is 34.2 Å².